The quantitative estimate of drug-likeness (QED) is 0.283. The molecule has 216 valence electrons. The SMILES string of the molecule is CCOc1ccc(C(F)(F)F)cc1-c1cccn2nc(Nc3ccc4c(c3)CCN(C(=O)OC(C)(C)C)CC4)nc12. The number of rotatable bonds is 5. The minimum atomic E-state index is -4.50. The molecule has 2 aromatic heterocycles. The van der Waals surface area contributed by atoms with Gasteiger partial charge in [-0.3, -0.25) is 0 Å². The first-order chi connectivity index (χ1) is 19.4. The van der Waals surface area contributed by atoms with Gasteiger partial charge in [-0.15, -0.1) is 5.10 Å². The lowest BCUT2D eigenvalue weighted by molar-refractivity contribution is -0.137. The summed E-state index contributed by atoms with van der Waals surface area (Å²) < 4.78 is 53.3. The minimum Gasteiger partial charge on any atom is -0.493 e. The first kappa shape index (κ1) is 28.3. The molecular formula is C30H32F3N5O3. The molecule has 1 aliphatic rings. The van der Waals surface area contributed by atoms with E-state index in [2.05, 4.69) is 15.4 Å². The zero-order valence-electron chi connectivity index (χ0n) is 23.4. The fourth-order valence-corrected chi connectivity index (χ4v) is 4.81. The summed E-state index contributed by atoms with van der Waals surface area (Å²) in [7, 11) is 0. The van der Waals surface area contributed by atoms with Crippen molar-refractivity contribution in [1.29, 1.82) is 0 Å². The van der Waals surface area contributed by atoms with Gasteiger partial charge in [0.15, 0.2) is 5.65 Å². The summed E-state index contributed by atoms with van der Waals surface area (Å²) in [6.45, 7) is 8.74. The fraction of sp³-hybridized carbons (Fsp3) is 0.367. The summed E-state index contributed by atoms with van der Waals surface area (Å²) in [6.07, 6.45) is -1.75. The number of carbonyl (C=O) groups is 1. The Kier molecular flexibility index (Phi) is 7.54. The van der Waals surface area contributed by atoms with E-state index in [0.29, 0.717) is 55.4 Å². The zero-order valence-corrected chi connectivity index (χ0v) is 23.4. The van der Waals surface area contributed by atoms with Gasteiger partial charge < -0.3 is 19.7 Å². The molecule has 5 rings (SSSR count). The third-order valence-electron chi connectivity index (χ3n) is 6.68. The van der Waals surface area contributed by atoms with Gasteiger partial charge in [-0.2, -0.15) is 18.2 Å². The highest BCUT2D eigenvalue weighted by atomic mass is 19.4. The smallest absolute Gasteiger partial charge is 0.416 e. The summed E-state index contributed by atoms with van der Waals surface area (Å²) >= 11 is 0. The Morgan fingerprint density at radius 2 is 1.76 bits per heavy atom. The highest BCUT2D eigenvalue weighted by Crippen LogP contribution is 2.38. The number of hydrogen-bond donors (Lipinski definition) is 1. The van der Waals surface area contributed by atoms with Crippen molar-refractivity contribution in [2.75, 3.05) is 25.0 Å². The lowest BCUT2D eigenvalue weighted by atomic mass is 10.0. The molecule has 0 aliphatic carbocycles. The molecule has 2 aromatic carbocycles. The molecule has 0 bridgehead atoms. The number of fused-ring (bicyclic) bond motifs is 2. The molecule has 11 heteroatoms. The van der Waals surface area contributed by atoms with Crippen LogP contribution < -0.4 is 10.1 Å². The number of ether oxygens (including phenoxy) is 2. The molecule has 8 nitrogen and oxygen atoms in total. The number of benzene rings is 2. The van der Waals surface area contributed by atoms with Crippen molar-refractivity contribution in [3.63, 3.8) is 0 Å². The molecule has 0 fully saturated rings. The normalized spacial score (nSPS) is 14.0. The van der Waals surface area contributed by atoms with E-state index in [1.807, 2.05) is 39.0 Å². The molecular weight excluding hydrogens is 535 g/mol. The van der Waals surface area contributed by atoms with Crippen molar-refractivity contribution in [2.45, 2.75) is 52.3 Å². The second kappa shape index (κ2) is 10.9. The monoisotopic (exact) mass is 567 g/mol. The van der Waals surface area contributed by atoms with Crippen molar-refractivity contribution in [2.24, 2.45) is 0 Å². The van der Waals surface area contributed by atoms with E-state index < -0.39 is 17.3 Å². The average Bonchev–Trinajstić information content (AvgIpc) is 3.18. The van der Waals surface area contributed by atoms with Crippen LogP contribution >= 0.6 is 0 Å². The maximum absolute atomic E-state index is 13.5. The summed E-state index contributed by atoms with van der Waals surface area (Å²) in [6, 6.07) is 12.8. The van der Waals surface area contributed by atoms with Crippen LogP contribution in [0.1, 0.15) is 44.4 Å². The Morgan fingerprint density at radius 3 is 2.46 bits per heavy atom. The molecule has 4 aromatic rings. The van der Waals surface area contributed by atoms with Gasteiger partial charge in [-0.05, 0) is 94.1 Å². The van der Waals surface area contributed by atoms with Crippen molar-refractivity contribution in [3.05, 3.63) is 71.4 Å². The molecule has 1 aliphatic heterocycles. The van der Waals surface area contributed by atoms with E-state index in [0.717, 1.165) is 28.9 Å². The Morgan fingerprint density at radius 1 is 1.00 bits per heavy atom. The Bertz CT molecular complexity index is 1580. The molecule has 1 amide bonds. The number of anilines is 2. The van der Waals surface area contributed by atoms with Gasteiger partial charge in [0, 0.05) is 36.1 Å². The van der Waals surface area contributed by atoms with Crippen molar-refractivity contribution >= 4 is 23.4 Å². The van der Waals surface area contributed by atoms with Gasteiger partial charge in [0.2, 0.25) is 5.95 Å². The van der Waals surface area contributed by atoms with E-state index in [1.165, 1.54) is 10.6 Å². The van der Waals surface area contributed by atoms with Gasteiger partial charge >= 0.3 is 12.3 Å². The summed E-state index contributed by atoms with van der Waals surface area (Å²) in [5.41, 5.74) is 2.83. The zero-order chi connectivity index (χ0) is 29.4. The molecule has 3 heterocycles. The number of carbonyl (C=O) groups excluding carboxylic acids is 1. The maximum atomic E-state index is 13.5. The van der Waals surface area contributed by atoms with Crippen molar-refractivity contribution in [3.8, 4) is 16.9 Å². The van der Waals surface area contributed by atoms with Crippen LogP contribution in [0.4, 0.5) is 29.6 Å². The molecule has 1 N–H and O–H groups in total. The van der Waals surface area contributed by atoms with Gasteiger partial charge in [0.05, 0.1) is 12.2 Å². The van der Waals surface area contributed by atoms with Gasteiger partial charge in [-0.25, -0.2) is 9.31 Å². The highest BCUT2D eigenvalue weighted by Gasteiger charge is 2.32. The van der Waals surface area contributed by atoms with Crippen LogP contribution in [-0.2, 0) is 23.8 Å². The molecule has 0 radical (unpaired) electrons. The average molecular weight is 568 g/mol. The van der Waals surface area contributed by atoms with Crippen LogP contribution in [0.15, 0.2) is 54.7 Å². The standard InChI is InChI=1S/C30H32F3N5O3/c1-5-40-25-11-9-21(30(31,32)33)18-24(25)23-7-6-14-38-26(23)35-27(36-38)34-22-10-8-19-12-15-37(16-13-20(19)17-22)28(39)41-29(2,3)4/h6-11,14,17-18H,5,12-13,15-16H2,1-4H3,(H,34,36). The lowest BCUT2D eigenvalue weighted by Gasteiger charge is -2.26. The predicted molar refractivity (Wildman–Crippen MR) is 150 cm³/mol. The van der Waals surface area contributed by atoms with Crippen LogP contribution in [0, 0.1) is 0 Å². The molecule has 0 unspecified atom stereocenters. The molecule has 0 spiro atoms. The van der Waals surface area contributed by atoms with Crippen LogP contribution in [-0.4, -0.2) is 50.9 Å². The van der Waals surface area contributed by atoms with Gasteiger partial charge in [-0.1, -0.05) is 6.07 Å². The number of amides is 1. The summed E-state index contributed by atoms with van der Waals surface area (Å²) in [4.78, 5) is 18.9. The number of halogens is 3. The van der Waals surface area contributed by atoms with E-state index in [4.69, 9.17) is 9.47 Å². The van der Waals surface area contributed by atoms with Crippen molar-refractivity contribution in [1.82, 2.24) is 19.5 Å². The molecule has 0 saturated heterocycles. The number of nitrogens with zero attached hydrogens (tertiary/aromatic N) is 4. The molecule has 41 heavy (non-hydrogen) atoms. The van der Waals surface area contributed by atoms with E-state index in [1.54, 1.807) is 30.2 Å². The summed E-state index contributed by atoms with van der Waals surface area (Å²) in [5.74, 6) is 0.628. The molecule has 0 atom stereocenters. The first-order valence-corrected chi connectivity index (χ1v) is 13.5. The Hall–Kier alpha value is -4.28. The Labute approximate surface area is 236 Å². The van der Waals surface area contributed by atoms with Gasteiger partial charge in [0.25, 0.3) is 0 Å². The molecule has 0 saturated carbocycles. The predicted octanol–water partition coefficient (Wildman–Crippen LogP) is 6.89. The largest absolute Gasteiger partial charge is 0.493 e. The number of aromatic nitrogens is 3. The number of hydrogen-bond acceptors (Lipinski definition) is 6. The second-order valence-electron chi connectivity index (χ2n) is 10.8. The van der Waals surface area contributed by atoms with Crippen LogP contribution in [0.25, 0.3) is 16.8 Å². The van der Waals surface area contributed by atoms with Gasteiger partial charge in [0.1, 0.15) is 11.4 Å². The van der Waals surface area contributed by atoms with E-state index in [9.17, 15) is 18.0 Å². The van der Waals surface area contributed by atoms with E-state index in [-0.39, 0.29) is 11.7 Å². The fourth-order valence-electron chi connectivity index (χ4n) is 4.81. The van der Waals surface area contributed by atoms with Crippen molar-refractivity contribution < 1.29 is 27.4 Å². The summed E-state index contributed by atoms with van der Waals surface area (Å²) in [5, 5.41) is 7.73. The van der Waals surface area contributed by atoms with Crippen LogP contribution in [0.5, 0.6) is 5.75 Å². The number of alkyl halides is 3. The number of pyridine rings is 1. The topological polar surface area (TPSA) is 81.0 Å². The lowest BCUT2D eigenvalue weighted by Crippen LogP contribution is -2.38. The van der Waals surface area contributed by atoms with Crippen LogP contribution in [0.3, 0.4) is 0 Å². The number of nitrogens with one attached hydrogen (secondary N) is 1. The third-order valence-corrected chi connectivity index (χ3v) is 6.68. The minimum absolute atomic E-state index is 0.283. The third kappa shape index (κ3) is 6.39. The van der Waals surface area contributed by atoms with E-state index >= 15 is 0 Å². The van der Waals surface area contributed by atoms with Crippen LogP contribution in [0.2, 0.25) is 0 Å². The first-order valence-electron chi connectivity index (χ1n) is 13.5. The Balaban J connectivity index is 1.40. The second-order valence-corrected chi connectivity index (χ2v) is 10.8. The highest BCUT2D eigenvalue weighted by molar-refractivity contribution is 5.82. The maximum Gasteiger partial charge on any atom is 0.416 e.